The zero-order valence-electron chi connectivity index (χ0n) is 14.2. The van der Waals surface area contributed by atoms with Crippen molar-refractivity contribution in [1.82, 2.24) is 4.98 Å². The quantitative estimate of drug-likeness (QED) is 0.929. The number of nitrogens with one attached hydrogen (secondary N) is 1. The molecule has 2 aliphatic heterocycles. The topological polar surface area (TPSA) is 63.7 Å². The fraction of sp³-hybridized carbons (Fsp3) is 0.368. The van der Waals surface area contributed by atoms with Crippen molar-refractivity contribution in [2.75, 3.05) is 30.1 Å². The van der Waals surface area contributed by atoms with E-state index in [4.69, 9.17) is 9.47 Å². The minimum atomic E-state index is -0.182. The minimum Gasteiger partial charge on any atom is -0.454 e. The van der Waals surface area contributed by atoms with E-state index in [1.807, 2.05) is 12.3 Å². The fourth-order valence-corrected chi connectivity index (χ4v) is 3.17. The molecule has 6 heteroatoms. The Labute approximate surface area is 146 Å². The van der Waals surface area contributed by atoms with Gasteiger partial charge in [-0.05, 0) is 37.0 Å². The number of rotatable bonds is 3. The standard InChI is InChI=1S/C19H21N3O3/c1-13-4-6-22(7-5-13)16-8-14(10-20-11-16)19(23)21-15-2-3-17-18(9-15)25-12-24-17/h2-3,8-11,13H,4-7,12H2,1H3,(H,21,23). The third-order valence-corrected chi connectivity index (χ3v) is 4.77. The van der Waals surface area contributed by atoms with Gasteiger partial charge >= 0.3 is 0 Å². The highest BCUT2D eigenvalue weighted by atomic mass is 16.7. The van der Waals surface area contributed by atoms with Crippen molar-refractivity contribution in [3.63, 3.8) is 0 Å². The highest BCUT2D eigenvalue weighted by Gasteiger charge is 2.18. The number of aromatic nitrogens is 1. The van der Waals surface area contributed by atoms with Gasteiger partial charge in [0, 0.05) is 31.0 Å². The van der Waals surface area contributed by atoms with Gasteiger partial charge in [-0.1, -0.05) is 6.92 Å². The van der Waals surface area contributed by atoms with E-state index >= 15 is 0 Å². The fourth-order valence-electron chi connectivity index (χ4n) is 3.17. The van der Waals surface area contributed by atoms with Crippen LogP contribution in [0.25, 0.3) is 0 Å². The summed E-state index contributed by atoms with van der Waals surface area (Å²) in [6.07, 6.45) is 5.77. The molecule has 3 heterocycles. The number of fused-ring (bicyclic) bond motifs is 1. The molecule has 4 rings (SSSR count). The van der Waals surface area contributed by atoms with Crippen molar-refractivity contribution >= 4 is 17.3 Å². The number of pyridine rings is 1. The maximum absolute atomic E-state index is 12.6. The third-order valence-electron chi connectivity index (χ3n) is 4.77. The van der Waals surface area contributed by atoms with Crippen LogP contribution in [0.4, 0.5) is 11.4 Å². The average molecular weight is 339 g/mol. The molecule has 2 aromatic rings. The van der Waals surface area contributed by atoms with Crippen LogP contribution < -0.4 is 19.7 Å². The van der Waals surface area contributed by atoms with Gasteiger partial charge in [-0.15, -0.1) is 0 Å². The van der Waals surface area contributed by atoms with Gasteiger partial charge in [0.05, 0.1) is 17.4 Å². The molecule has 1 fully saturated rings. The van der Waals surface area contributed by atoms with Crippen LogP contribution in [0, 0.1) is 5.92 Å². The van der Waals surface area contributed by atoms with Crippen LogP contribution in [-0.2, 0) is 0 Å². The summed E-state index contributed by atoms with van der Waals surface area (Å²) in [5.74, 6) is 1.92. The van der Waals surface area contributed by atoms with Crippen molar-refractivity contribution < 1.29 is 14.3 Å². The maximum Gasteiger partial charge on any atom is 0.257 e. The first-order valence-electron chi connectivity index (χ1n) is 8.60. The predicted octanol–water partition coefficient (Wildman–Crippen LogP) is 3.30. The molecule has 1 amide bonds. The van der Waals surface area contributed by atoms with Crippen LogP contribution in [0.1, 0.15) is 30.1 Å². The van der Waals surface area contributed by atoms with Crippen LogP contribution in [0.5, 0.6) is 11.5 Å². The largest absolute Gasteiger partial charge is 0.454 e. The minimum absolute atomic E-state index is 0.182. The SMILES string of the molecule is CC1CCN(c2cncc(C(=O)Nc3ccc4c(c3)OCO4)c2)CC1. The summed E-state index contributed by atoms with van der Waals surface area (Å²) in [5.41, 5.74) is 2.23. The highest BCUT2D eigenvalue weighted by Crippen LogP contribution is 2.34. The second-order valence-corrected chi connectivity index (χ2v) is 6.62. The van der Waals surface area contributed by atoms with Gasteiger partial charge in [-0.3, -0.25) is 9.78 Å². The smallest absolute Gasteiger partial charge is 0.257 e. The first-order valence-corrected chi connectivity index (χ1v) is 8.60. The molecule has 1 saturated heterocycles. The molecule has 6 nitrogen and oxygen atoms in total. The second kappa shape index (κ2) is 6.63. The molecule has 2 aliphatic rings. The van der Waals surface area contributed by atoms with E-state index in [-0.39, 0.29) is 12.7 Å². The highest BCUT2D eigenvalue weighted by molar-refractivity contribution is 6.04. The molecule has 25 heavy (non-hydrogen) atoms. The van der Waals surface area contributed by atoms with Gasteiger partial charge in [0.15, 0.2) is 11.5 Å². The van der Waals surface area contributed by atoms with E-state index in [2.05, 4.69) is 22.1 Å². The number of hydrogen-bond donors (Lipinski definition) is 1. The van der Waals surface area contributed by atoms with Crippen molar-refractivity contribution in [2.24, 2.45) is 5.92 Å². The summed E-state index contributed by atoms with van der Waals surface area (Å²) >= 11 is 0. The van der Waals surface area contributed by atoms with E-state index in [1.54, 1.807) is 24.4 Å². The molecule has 0 saturated carbocycles. The van der Waals surface area contributed by atoms with Crippen molar-refractivity contribution in [2.45, 2.75) is 19.8 Å². The van der Waals surface area contributed by atoms with E-state index in [9.17, 15) is 4.79 Å². The number of carbonyl (C=O) groups excluding carboxylic acids is 1. The van der Waals surface area contributed by atoms with Gasteiger partial charge in [0.2, 0.25) is 6.79 Å². The van der Waals surface area contributed by atoms with Crippen molar-refractivity contribution in [3.05, 3.63) is 42.2 Å². The molecule has 130 valence electrons. The van der Waals surface area contributed by atoms with Gasteiger partial charge in [-0.25, -0.2) is 0 Å². The average Bonchev–Trinajstić information content (AvgIpc) is 3.10. The number of hydrogen-bond acceptors (Lipinski definition) is 5. The number of carbonyl (C=O) groups is 1. The van der Waals surface area contributed by atoms with Crippen LogP contribution in [0.15, 0.2) is 36.7 Å². The predicted molar refractivity (Wildman–Crippen MR) is 95.4 cm³/mol. The maximum atomic E-state index is 12.6. The van der Waals surface area contributed by atoms with Gasteiger partial charge in [0.1, 0.15) is 0 Å². The Bertz CT molecular complexity index is 785. The lowest BCUT2D eigenvalue weighted by Crippen LogP contribution is -2.33. The Kier molecular flexibility index (Phi) is 4.17. The lowest BCUT2D eigenvalue weighted by Gasteiger charge is -2.32. The molecule has 0 unspecified atom stereocenters. The van der Waals surface area contributed by atoms with Crippen LogP contribution in [0.3, 0.4) is 0 Å². The number of anilines is 2. The summed E-state index contributed by atoms with van der Waals surface area (Å²) in [4.78, 5) is 19.1. The van der Waals surface area contributed by atoms with E-state index < -0.39 is 0 Å². The summed E-state index contributed by atoms with van der Waals surface area (Å²) in [7, 11) is 0. The second-order valence-electron chi connectivity index (χ2n) is 6.62. The Balaban J connectivity index is 1.48. The number of nitrogens with zero attached hydrogens (tertiary/aromatic N) is 2. The first kappa shape index (κ1) is 15.7. The number of amides is 1. The molecule has 1 aromatic carbocycles. The Morgan fingerprint density at radius 2 is 1.96 bits per heavy atom. The molecule has 0 atom stereocenters. The molecule has 0 bridgehead atoms. The molecular weight excluding hydrogens is 318 g/mol. The normalized spacial score (nSPS) is 16.8. The van der Waals surface area contributed by atoms with E-state index in [0.717, 1.165) is 24.7 Å². The first-order chi connectivity index (χ1) is 12.2. The van der Waals surface area contributed by atoms with Crippen LogP contribution >= 0.6 is 0 Å². The van der Waals surface area contributed by atoms with E-state index in [0.29, 0.717) is 22.7 Å². The zero-order chi connectivity index (χ0) is 17.2. The summed E-state index contributed by atoms with van der Waals surface area (Å²) in [6.45, 7) is 4.52. The van der Waals surface area contributed by atoms with E-state index in [1.165, 1.54) is 12.8 Å². The van der Waals surface area contributed by atoms with Gasteiger partial charge < -0.3 is 19.7 Å². The Morgan fingerprint density at radius 3 is 2.80 bits per heavy atom. The Morgan fingerprint density at radius 1 is 1.16 bits per heavy atom. The Hall–Kier alpha value is -2.76. The van der Waals surface area contributed by atoms with Crippen LogP contribution in [0.2, 0.25) is 0 Å². The summed E-state index contributed by atoms with van der Waals surface area (Å²) in [6, 6.07) is 7.27. The van der Waals surface area contributed by atoms with Crippen molar-refractivity contribution in [3.8, 4) is 11.5 Å². The monoisotopic (exact) mass is 339 g/mol. The molecule has 0 radical (unpaired) electrons. The lowest BCUT2D eigenvalue weighted by molar-refractivity contribution is 0.102. The van der Waals surface area contributed by atoms with Crippen molar-refractivity contribution in [1.29, 1.82) is 0 Å². The molecule has 1 N–H and O–H groups in total. The number of ether oxygens (including phenoxy) is 2. The number of benzene rings is 1. The molecule has 0 spiro atoms. The summed E-state index contributed by atoms with van der Waals surface area (Å²) in [5, 5.41) is 2.89. The molecular formula is C19H21N3O3. The van der Waals surface area contributed by atoms with Gasteiger partial charge in [-0.2, -0.15) is 0 Å². The van der Waals surface area contributed by atoms with Crippen LogP contribution in [-0.4, -0.2) is 30.8 Å². The molecule has 0 aliphatic carbocycles. The third kappa shape index (κ3) is 3.38. The lowest BCUT2D eigenvalue weighted by atomic mass is 9.99. The summed E-state index contributed by atoms with van der Waals surface area (Å²) < 4.78 is 10.6. The van der Waals surface area contributed by atoms with Gasteiger partial charge in [0.25, 0.3) is 5.91 Å². The number of piperidine rings is 1. The molecule has 1 aromatic heterocycles. The zero-order valence-corrected chi connectivity index (χ0v) is 14.2.